The van der Waals surface area contributed by atoms with Crippen molar-refractivity contribution in [2.45, 2.75) is 32.6 Å². The zero-order valence-electron chi connectivity index (χ0n) is 10.4. The van der Waals surface area contributed by atoms with E-state index in [1.54, 1.807) is 6.92 Å². The molecule has 1 saturated carbocycles. The molecule has 1 aromatic rings. The van der Waals surface area contributed by atoms with Gasteiger partial charge >= 0.3 is 5.97 Å². The molecule has 92 valence electrons. The van der Waals surface area contributed by atoms with Crippen LogP contribution in [0.5, 0.6) is 5.75 Å². The van der Waals surface area contributed by atoms with Crippen LogP contribution in [-0.2, 0) is 9.53 Å². The monoisotopic (exact) mass is 234 g/mol. The highest BCUT2D eigenvalue weighted by molar-refractivity contribution is 5.71. The molecule has 1 aliphatic rings. The normalized spacial score (nSPS) is 14.5. The molecule has 0 N–H and O–H groups in total. The van der Waals surface area contributed by atoms with Gasteiger partial charge < -0.3 is 9.47 Å². The Labute approximate surface area is 102 Å². The molecule has 0 aromatic heterocycles. The Kier molecular flexibility index (Phi) is 3.67. The summed E-state index contributed by atoms with van der Waals surface area (Å²) in [6.45, 7) is 4.20. The van der Waals surface area contributed by atoms with Crippen LogP contribution in [-0.4, -0.2) is 19.2 Å². The molecule has 17 heavy (non-hydrogen) atoms. The van der Waals surface area contributed by atoms with E-state index in [1.165, 1.54) is 18.4 Å². The number of rotatable bonds is 5. The lowest BCUT2D eigenvalue weighted by Crippen LogP contribution is -2.15. The number of hydrogen-bond acceptors (Lipinski definition) is 3. The molecule has 0 aliphatic heterocycles. The predicted molar refractivity (Wildman–Crippen MR) is 65.3 cm³/mol. The molecule has 0 bridgehead atoms. The Morgan fingerprint density at radius 2 is 2.18 bits per heavy atom. The molecule has 3 heteroatoms. The van der Waals surface area contributed by atoms with Crippen molar-refractivity contribution in [3.05, 3.63) is 29.3 Å². The summed E-state index contributed by atoms with van der Waals surface area (Å²) in [5.74, 6) is 1.14. The lowest BCUT2D eigenvalue weighted by atomic mass is 10.1. The summed E-state index contributed by atoms with van der Waals surface area (Å²) < 4.78 is 10.4. The Morgan fingerprint density at radius 3 is 2.82 bits per heavy atom. The van der Waals surface area contributed by atoms with Crippen molar-refractivity contribution in [1.29, 1.82) is 0 Å². The average Bonchev–Trinajstić information content (AvgIpc) is 3.11. The van der Waals surface area contributed by atoms with Gasteiger partial charge in [0.1, 0.15) is 5.75 Å². The molecule has 0 heterocycles. The van der Waals surface area contributed by atoms with Crippen molar-refractivity contribution < 1.29 is 14.3 Å². The SMILES string of the molecule is CCOC(=O)COc1cc(C)ccc1C1CC1. The standard InChI is InChI=1S/C14H18O3/c1-3-16-14(15)9-17-13-8-10(2)4-7-12(13)11-5-6-11/h4,7-8,11H,3,5-6,9H2,1-2H3. The first-order valence-corrected chi connectivity index (χ1v) is 6.09. The lowest BCUT2D eigenvalue weighted by molar-refractivity contribution is -0.145. The van der Waals surface area contributed by atoms with Gasteiger partial charge in [-0.1, -0.05) is 12.1 Å². The first-order chi connectivity index (χ1) is 8.20. The number of carbonyl (C=O) groups is 1. The number of esters is 1. The second-order valence-electron chi connectivity index (χ2n) is 4.41. The number of ether oxygens (including phenoxy) is 2. The summed E-state index contributed by atoms with van der Waals surface area (Å²) in [6.07, 6.45) is 2.44. The van der Waals surface area contributed by atoms with E-state index in [4.69, 9.17) is 9.47 Å². The molecule has 0 atom stereocenters. The highest BCUT2D eigenvalue weighted by atomic mass is 16.6. The highest BCUT2D eigenvalue weighted by Crippen LogP contribution is 2.44. The second-order valence-corrected chi connectivity index (χ2v) is 4.41. The maximum Gasteiger partial charge on any atom is 0.344 e. The third kappa shape index (κ3) is 3.22. The first-order valence-electron chi connectivity index (χ1n) is 6.09. The fraction of sp³-hybridized carbons (Fsp3) is 0.500. The highest BCUT2D eigenvalue weighted by Gasteiger charge is 2.26. The van der Waals surface area contributed by atoms with Gasteiger partial charge in [0.15, 0.2) is 6.61 Å². The molecule has 1 fully saturated rings. The van der Waals surface area contributed by atoms with E-state index in [0.717, 1.165) is 11.3 Å². The Balaban J connectivity index is 2.03. The fourth-order valence-corrected chi connectivity index (χ4v) is 1.84. The van der Waals surface area contributed by atoms with Crippen molar-refractivity contribution in [3.63, 3.8) is 0 Å². The molecule has 1 aromatic carbocycles. The van der Waals surface area contributed by atoms with Crippen molar-refractivity contribution in [1.82, 2.24) is 0 Å². The third-order valence-corrected chi connectivity index (χ3v) is 2.84. The number of carbonyl (C=O) groups excluding carboxylic acids is 1. The second kappa shape index (κ2) is 5.21. The van der Waals surface area contributed by atoms with E-state index < -0.39 is 0 Å². The lowest BCUT2D eigenvalue weighted by Gasteiger charge is -2.11. The Bertz CT molecular complexity index is 408. The van der Waals surface area contributed by atoms with E-state index in [1.807, 2.05) is 13.0 Å². The van der Waals surface area contributed by atoms with E-state index in [0.29, 0.717) is 12.5 Å². The topological polar surface area (TPSA) is 35.5 Å². The average molecular weight is 234 g/mol. The van der Waals surface area contributed by atoms with Crippen LogP contribution in [0.2, 0.25) is 0 Å². The van der Waals surface area contributed by atoms with Gasteiger partial charge in [-0.05, 0) is 49.8 Å². The molecule has 0 saturated heterocycles. The van der Waals surface area contributed by atoms with Gasteiger partial charge in [-0.15, -0.1) is 0 Å². The largest absolute Gasteiger partial charge is 0.482 e. The van der Waals surface area contributed by atoms with Crippen LogP contribution in [0.15, 0.2) is 18.2 Å². The molecule has 2 rings (SSSR count). The molecule has 0 spiro atoms. The summed E-state index contributed by atoms with van der Waals surface area (Å²) in [7, 11) is 0. The van der Waals surface area contributed by atoms with Crippen molar-refractivity contribution in [2.75, 3.05) is 13.2 Å². The van der Waals surface area contributed by atoms with Crippen LogP contribution in [0, 0.1) is 6.92 Å². The predicted octanol–water partition coefficient (Wildman–Crippen LogP) is 2.81. The minimum absolute atomic E-state index is 0.00296. The minimum Gasteiger partial charge on any atom is -0.482 e. The molecule has 0 unspecified atom stereocenters. The van der Waals surface area contributed by atoms with Gasteiger partial charge in [0.2, 0.25) is 0 Å². The minimum atomic E-state index is -0.309. The van der Waals surface area contributed by atoms with Crippen LogP contribution in [0.25, 0.3) is 0 Å². The Morgan fingerprint density at radius 1 is 1.41 bits per heavy atom. The number of benzene rings is 1. The summed E-state index contributed by atoms with van der Waals surface area (Å²) in [5.41, 5.74) is 2.37. The molecule has 1 aliphatic carbocycles. The van der Waals surface area contributed by atoms with Gasteiger partial charge in [0.05, 0.1) is 6.61 Å². The summed E-state index contributed by atoms with van der Waals surface area (Å²) >= 11 is 0. The van der Waals surface area contributed by atoms with E-state index in [-0.39, 0.29) is 12.6 Å². The van der Waals surface area contributed by atoms with Gasteiger partial charge in [-0.2, -0.15) is 0 Å². The van der Waals surface area contributed by atoms with Gasteiger partial charge in [0.25, 0.3) is 0 Å². The van der Waals surface area contributed by atoms with Gasteiger partial charge in [-0.25, -0.2) is 4.79 Å². The quantitative estimate of drug-likeness (QED) is 0.735. The van der Waals surface area contributed by atoms with Crippen LogP contribution in [0.1, 0.15) is 36.8 Å². The number of aryl methyl sites for hydroxylation is 1. The fourth-order valence-electron chi connectivity index (χ4n) is 1.84. The summed E-state index contributed by atoms with van der Waals surface area (Å²) in [5, 5.41) is 0. The Hall–Kier alpha value is -1.51. The maximum absolute atomic E-state index is 11.3. The first kappa shape index (κ1) is 12.0. The van der Waals surface area contributed by atoms with Crippen LogP contribution < -0.4 is 4.74 Å². The van der Waals surface area contributed by atoms with Gasteiger partial charge in [-0.3, -0.25) is 0 Å². The zero-order valence-corrected chi connectivity index (χ0v) is 10.4. The van der Waals surface area contributed by atoms with Crippen molar-refractivity contribution in [3.8, 4) is 5.75 Å². The smallest absolute Gasteiger partial charge is 0.344 e. The molecule has 0 amide bonds. The van der Waals surface area contributed by atoms with E-state index >= 15 is 0 Å². The summed E-state index contributed by atoms with van der Waals surface area (Å²) in [6, 6.07) is 6.19. The van der Waals surface area contributed by atoms with Gasteiger partial charge in [0, 0.05) is 0 Å². The number of hydrogen-bond donors (Lipinski definition) is 0. The van der Waals surface area contributed by atoms with Crippen molar-refractivity contribution in [2.24, 2.45) is 0 Å². The van der Waals surface area contributed by atoms with E-state index in [2.05, 4.69) is 12.1 Å². The zero-order chi connectivity index (χ0) is 12.3. The molecular weight excluding hydrogens is 216 g/mol. The molecule has 3 nitrogen and oxygen atoms in total. The third-order valence-electron chi connectivity index (χ3n) is 2.84. The van der Waals surface area contributed by atoms with Crippen LogP contribution in [0.4, 0.5) is 0 Å². The molecule has 0 radical (unpaired) electrons. The van der Waals surface area contributed by atoms with Crippen molar-refractivity contribution >= 4 is 5.97 Å². The summed E-state index contributed by atoms with van der Waals surface area (Å²) in [4.78, 5) is 11.3. The van der Waals surface area contributed by atoms with Crippen LogP contribution >= 0.6 is 0 Å². The van der Waals surface area contributed by atoms with E-state index in [9.17, 15) is 4.79 Å². The maximum atomic E-state index is 11.3. The molecular formula is C14H18O3. The van der Waals surface area contributed by atoms with Crippen LogP contribution in [0.3, 0.4) is 0 Å².